The minimum atomic E-state index is -0.689. The van der Waals surface area contributed by atoms with Crippen LogP contribution in [0, 0.1) is 11.3 Å². The predicted molar refractivity (Wildman–Crippen MR) is 145 cm³/mol. The fourth-order valence-corrected chi connectivity index (χ4v) is 5.46. The highest BCUT2D eigenvalue weighted by Crippen LogP contribution is 2.36. The Labute approximate surface area is 233 Å². The van der Waals surface area contributed by atoms with E-state index in [1.54, 1.807) is 45.6 Å². The number of hydrogen-bond donors (Lipinski definition) is 1. The summed E-state index contributed by atoms with van der Waals surface area (Å²) in [6.45, 7) is 9.69. The van der Waals surface area contributed by atoms with Gasteiger partial charge < -0.3 is 24.1 Å². The SMILES string of the molecule is CC(C)OC(=O)N[C@H]1Cc2c(n(C[C@@H]3[C@H](OC(=O)CCl)CCN3C(=O)OC(C)(C)C)c3ccc(C#N)cc23)C1. The molecule has 2 aromatic rings. The summed E-state index contributed by atoms with van der Waals surface area (Å²) in [5, 5.41) is 13.4. The second kappa shape index (κ2) is 11.3. The Morgan fingerprint density at radius 2 is 1.97 bits per heavy atom. The molecule has 1 aliphatic heterocycles. The summed E-state index contributed by atoms with van der Waals surface area (Å²) < 4.78 is 18.7. The number of likely N-dealkylation sites (tertiary alicyclic amines) is 1. The number of esters is 1. The maximum Gasteiger partial charge on any atom is 0.410 e. The lowest BCUT2D eigenvalue weighted by molar-refractivity contribution is -0.147. The average molecular weight is 559 g/mol. The standard InChI is InChI=1S/C28H35ClN4O6/c1-16(2)37-26(35)31-18-11-20-19-10-17(14-30)6-7-21(19)33(22(20)12-18)15-23-24(38-25(34)13-29)8-9-32(23)27(36)39-28(3,4)5/h6-7,10,16,18,23-24H,8-9,11-13,15H2,1-5H3,(H,31,35)/t18-,23+,24+/m0/s1. The molecule has 1 saturated heterocycles. The number of fused-ring (bicyclic) bond motifs is 3. The van der Waals surface area contributed by atoms with Gasteiger partial charge >= 0.3 is 18.2 Å². The minimum absolute atomic E-state index is 0.182. The Hall–Kier alpha value is -3.45. The number of aromatic nitrogens is 1. The molecule has 0 radical (unpaired) electrons. The van der Waals surface area contributed by atoms with Gasteiger partial charge in [-0.25, -0.2) is 9.59 Å². The van der Waals surface area contributed by atoms with Gasteiger partial charge in [-0.15, -0.1) is 11.6 Å². The highest BCUT2D eigenvalue weighted by molar-refractivity contribution is 6.26. The first-order chi connectivity index (χ1) is 18.4. The first kappa shape index (κ1) is 28.6. The molecule has 1 aliphatic carbocycles. The van der Waals surface area contributed by atoms with Gasteiger partial charge in [-0.3, -0.25) is 9.69 Å². The third-order valence-corrected chi connectivity index (χ3v) is 7.06. The van der Waals surface area contributed by atoms with E-state index in [-0.39, 0.29) is 18.0 Å². The molecule has 4 rings (SSSR count). The van der Waals surface area contributed by atoms with Gasteiger partial charge in [0.2, 0.25) is 0 Å². The van der Waals surface area contributed by atoms with E-state index in [1.165, 1.54) is 0 Å². The number of halogens is 1. The maximum atomic E-state index is 13.2. The van der Waals surface area contributed by atoms with Crippen LogP contribution in [0.5, 0.6) is 0 Å². The summed E-state index contributed by atoms with van der Waals surface area (Å²) in [6, 6.07) is 7.02. The van der Waals surface area contributed by atoms with E-state index in [1.807, 2.05) is 12.1 Å². The van der Waals surface area contributed by atoms with Gasteiger partial charge in [0.15, 0.2) is 0 Å². The lowest BCUT2D eigenvalue weighted by Gasteiger charge is -2.31. The maximum absolute atomic E-state index is 13.2. The molecule has 0 bridgehead atoms. The number of nitrogens with zero attached hydrogens (tertiary/aromatic N) is 3. The van der Waals surface area contributed by atoms with Crippen LogP contribution in [0.4, 0.5) is 9.59 Å². The molecule has 0 saturated carbocycles. The van der Waals surface area contributed by atoms with Gasteiger partial charge in [0.05, 0.1) is 23.8 Å². The number of rotatable bonds is 6. The number of benzene rings is 1. The molecule has 0 spiro atoms. The van der Waals surface area contributed by atoms with Gasteiger partial charge in [0.1, 0.15) is 17.6 Å². The zero-order chi connectivity index (χ0) is 28.5. The number of hydrogen-bond acceptors (Lipinski definition) is 7. The normalized spacial score (nSPS) is 20.6. The van der Waals surface area contributed by atoms with Crippen molar-refractivity contribution in [3.63, 3.8) is 0 Å². The zero-order valence-electron chi connectivity index (χ0n) is 23.0. The number of alkyl halides is 1. The van der Waals surface area contributed by atoms with Crippen LogP contribution in [0.15, 0.2) is 18.2 Å². The Bertz CT molecular complexity index is 1310. The Morgan fingerprint density at radius 3 is 2.62 bits per heavy atom. The third-order valence-electron chi connectivity index (χ3n) is 6.84. The van der Waals surface area contributed by atoms with Crippen LogP contribution in [0.3, 0.4) is 0 Å². The van der Waals surface area contributed by atoms with Crippen molar-refractivity contribution in [2.45, 2.75) is 90.3 Å². The molecule has 2 aliphatic rings. The molecule has 2 amide bonds. The first-order valence-electron chi connectivity index (χ1n) is 13.2. The summed E-state index contributed by atoms with van der Waals surface area (Å²) in [4.78, 5) is 39.2. The summed E-state index contributed by atoms with van der Waals surface area (Å²) in [5.74, 6) is -0.833. The van der Waals surface area contributed by atoms with Crippen LogP contribution in [0.25, 0.3) is 10.9 Å². The van der Waals surface area contributed by atoms with E-state index in [0.717, 1.165) is 22.2 Å². The van der Waals surface area contributed by atoms with E-state index in [0.29, 0.717) is 37.9 Å². The van der Waals surface area contributed by atoms with Gasteiger partial charge in [-0.1, -0.05) is 0 Å². The molecule has 1 N–H and O–H groups in total. The average Bonchev–Trinajstić information content (AvgIpc) is 3.51. The van der Waals surface area contributed by atoms with E-state index in [2.05, 4.69) is 16.0 Å². The molecule has 0 unspecified atom stereocenters. The van der Waals surface area contributed by atoms with Crippen molar-refractivity contribution in [3.8, 4) is 6.07 Å². The van der Waals surface area contributed by atoms with Crippen LogP contribution in [-0.2, 0) is 38.4 Å². The lowest BCUT2D eigenvalue weighted by Crippen LogP contribution is -2.46. The van der Waals surface area contributed by atoms with Gasteiger partial charge in [-0.2, -0.15) is 5.26 Å². The third kappa shape index (κ3) is 6.41. The molecule has 10 nitrogen and oxygen atoms in total. The van der Waals surface area contributed by atoms with Crippen LogP contribution >= 0.6 is 11.6 Å². The fourth-order valence-electron chi connectivity index (χ4n) is 5.40. The number of ether oxygens (including phenoxy) is 3. The van der Waals surface area contributed by atoms with Crippen molar-refractivity contribution in [2.24, 2.45) is 0 Å². The summed E-state index contributed by atoms with van der Waals surface area (Å²) >= 11 is 5.72. The number of alkyl carbamates (subject to hydrolysis) is 1. The number of nitrogens with one attached hydrogen (secondary N) is 1. The minimum Gasteiger partial charge on any atom is -0.459 e. The topological polar surface area (TPSA) is 123 Å². The summed E-state index contributed by atoms with van der Waals surface area (Å²) in [7, 11) is 0. The molecular formula is C28H35ClN4O6. The van der Waals surface area contributed by atoms with E-state index in [4.69, 9.17) is 25.8 Å². The molecule has 3 atom stereocenters. The molecule has 2 heterocycles. The highest BCUT2D eigenvalue weighted by atomic mass is 35.5. The smallest absolute Gasteiger partial charge is 0.410 e. The van der Waals surface area contributed by atoms with Crippen LogP contribution in [0.2, 0.25) is 0 Å². The number of amides is 2. The van der Waals surface area contributed by atoms with Crippen molar-refractivity contribution in [1.29, 1.82) is 5.26 Å². The fraction of sp³-hybridized carbons (Fsp3) is 0.571. The monoisotopic (exact) mass is 558 g/mol. The van der Waals surface area contributed by atoms with Crippen LogP contribution in [0.1, 0.15) is 57.9 Å². The molecule has 1 aromatic carbocycles. The molecule has 11 heteroatoms. The quantitative estimate of drug-likeness (QED) is 0.319. The van der Waals surface area contributed by atoms with E-state index >= 15 is 0 Å². The summed E-state index contributed by atoms with van der Waals surface area (Å²) in [5.41, 5.74) is 2.77. The number of nitriles is 1. The van der Waals surface area contributed by atoms with Crippen molar-refractivity contribution in [2.75, 3.05) is 12.4 Å². The summed E-state index contributed by atoms with van der Waals surface area (Å²) in [6.07, 6.45) is -0.183. The number of carbonyl (C=O) groups is 3. The van der Waals surface area contributed by atoms with Gasteiger partial charge in [0.25, 0.3) is 0 Å². The van der Waals surface area contributed by atoms with Crippen molar-refractivity contribution in [3.05, 3.63) is 35.0 Å². The lowest BCUT2D eigenvalue weighted by atomic mass is 10.1. The van der Waals surface area contributed by atoms with Gasteiger partial charge in [-0.05, 0) is 64.8 Å². The van der Waals surface area contributed by atoms with Crippen molar-refractivity contribution in [1.82, 2.24) is 14.8 Å². The Balaban J connectivity index is 1.70. The molecule has 39 heavy (non-hydrogen) atoms. The van der Waals surface area contributed by atoms with Crippen molar-refractivity contribution < 1.29 is 28.6 Å². The van der Waals surface area contributed by atoms with Crippen molar-refractivity contribution >= 4 is 40.7 Å². The van der Waals surface area contributed by atoms with E-state index in [9.17, 15) is 19.6 Å². The molecule has 1 fully saturated rings. The molecular weight excluding hydrogens is 524 g/mol. The largest absolute Gasteiger partial charge is 0.459 e. The predicted octanol–water partition coefficient (Wildman–Crippen LogP) is 4.27. The first-order valence-corrected chi connectivity index (χ1v) is 13.7. The molecule has 210 valence electrons. The Kier molecular flexibility index (Phi) is 8.31. The van der Waals surface area contributed by atoms with E-state index < -0.39 is 35.9 Å². The Morgan fingerprint density at radius 1 is 1.23 bits per heavy atom. The molecule has 1 aromatic heterocycles. The second-order valence-corrected chi connectivity index (χ2v) is 11.5. The van der Waals surface area contributed by atoms with Gasteiger partial charge in [0, 0.05) is 48.6 Å². The number of carbonyl (C=O) groups excluding carboxylic acids is 3. The zero-order valence-corrected chi connectivity index (χ0v) is 23.7. The van der Waals surface area contributed by atoms with Crippen LogP contribution < -0.4 is 5.32 Å². The second-order valence-electron chi connectivity index (χ2n) is 11.3. The highest BCUT2D eigenvalue weighted by Gasteiger charge is 2.42. The van der Waals surface area contributed by atoms with Crippen LogP contribution in [-0.4, -0.2) is 69.9 Å².